The van der Waals surface area contributed by atoms with Gasteiger partial charge >= 0.3 is 6.18 Å². The van der Waals surface area contributed by atoms with Gasteiger partial charge in [0.1, 0.15) is 0 Å². The van der Waals surface area contributed by atoms with Gasteiger partial charge in [-0.15, -0.1) is 0 Å². The molecule has 1 fully saturated rings. The van der Waals surface area contributed by atoms with Crippen LogP contribution in [0.3, 0.4) is 0 Å². The zero-order valence-electron chi connectivity index (χ0n) is 10.7. The van der Waals surface area contributed by atoms with Gasteiger partial charge in [-0.2, -0.15) is 13.2 Å². The average Bonchev–Trinajstić information content (AvgIpc) is 2.32. The lowest BCUT2D eigenvalue weighted by Crippen LogP contribution is -2.43. The molecule has 1 nitrogen and oxygen atoms in total. The standard InChI is InChI=1S/C14H17ClF3N/c1-9-2-3-11(8-12(9)15)13(19)6-4-10(5-7-13)14(16,17)18/h2-3,8,10H,4-7,19H2,1H3. The van der Waals surface area contributed by atoms with E-state index in [9.17, 15) is 13.2 Å². The lowest BCUT2D eigenvalue weighted by atomic mass is 9.73. The van der Waals surface area contributed by atoms with Gasteiger partial charge in [0.2, 0.25) is 0 Å². The molecule has 0 aromatic heterocycles. The zero-order valence-corrected chi connectivity index (χ0v) is 11.5. The molecule has 19 heavy (non-hydrogen) atoms. The van der Waals surface area contributed by atoms with Crippen molar-refractivity contribution in [2.45, 2.75) is 44.3 Å². The van der Waals surface area contributed by atoms with Crippen molar-refractivity contribution >= 4 is 11.6 Å². The molecule has 106 valence electrons. The van der Waals surface area contributed by atoms with E-state index in [1.165, 1.54) is 0 Å². The number of rotatable bonds is 1. The van der Waals surface area contributed by atoms with E-state index in [-0.39, 0.29) is 12.8 Å². The molecule has 2 N–H and O–H groups in total. The maximum Gasteiger partial charge on any atom is 0.391 e. The molecule has 1 aromatic carbocycles. The van der Waals surface area contributed by atoms with Crippen LogP contribution in [0.15, 0.2) is 18.2 Å². The van der Waals surface area contributed by atoms with Gasteiger partial charge in [-0.05, 0) is 49.8 Å². The predicted octanol–water partition coefficient (Wildman–Crippen LogP) is 4.55. The Morgan fingerprint density at radius 2 is 1.84 bits per heavy atom. The molecule has 0 atom stereocenters. The van der Waals surface area contributed by atoms with Crippen LogP contribution >= 0.6 is 11.6 Å². The van der Waals surface area contributed by atoms with Crippen molar-refractivity contribution in [2.75, 3.05) is 0 Å². The number of hydrogen-bond acceptors (Lipinski definition) is 1. The van der Waals surface area contributed by atoms with Crippen molar-refractivity contribution in [3.8, 4) is 0 Å². The van der Waals surface area contributed by atoms with Crippen LogP contribution in [0.2, 0.25) is 5.02 Å². The Hall–Kier alpha value is -0.740. The highest BCUT2D eigenvalue weighted by Crippen LogP contribution is 2.44. The van der Waals surface area contributed by atoms with Gasteiger partial charge in [-0.1, -0.05) is 23.7 Å². The summed E-state index contributed by atoms with van der Waals surface area (Å²) in [4.78, 5) is 0. The van der Waals surface area contributed by atoms with E-state index in [2.05, 4.69) is 0 Å². The van der Waals surface area contributed by atoms with Gasteiger partial charge in [-0.3, -0.25) is 0 Å². The third-order valence-electron chi connectivity index (χ3n) is 4.09. The van der Waals surface area contributed by atoms with Crippen molar-refractivity contribution in [3.63, 3.8) is 0 Å². The fourth-order valence-electron chi connectivity index (χ4n) is 2.65. The van der Waals surface area contributed by atoms with Crippen molar-refractivity contribution in [2.24, 2.45) is 11.7 Å². The van der Waals surface area contributed by atoms with Crippen LogP contribution in [0.25, 0.3) is 0 Å². The zero-order chi connectivity index (χ0) is 14.3. The van der Waals surface area contributed by atoms with Gasteiger partial charge in [0.05, 0.1) is 5.92 Å². The van der Waals surface area contributed by atoms with Gasteiger partial charge in [0.25, 0.3) is 0 Å². The maximum atomic E-state index is 12.7. The topological polar surface area (TPSA) is 26.0 Å². The van der Waals surface area contributed by atoms with E-state index in [1.54, 1.807) is 6.07 Å². The number of aryl methyl sites for hydroxylation is 1. The second kappa shape index (κ2) is 4.98. The second-order valence-corrected chi connectivity index (χ2v) is 5.84. The Morgan fingerprint density at radius 3 is 2.32 bits per heavy atom. The molecule has 0 amide bonds. The first-order chi connectivity index (χ1) is 8.72. The Kier molecular flexibility index (Phi) is 3.85. The van der Waals surface area contributed by atoms with E-state index in [1.807, 2.05) is 19.1 Å². The monoisotopic (exact) mass is 291 g/mol. The molecule has 0 unspecified atom stereocenters. The fourth-order valence-corrected chi connectivity index (χ4v) is 2.83. The third-order valence-corrected chi connectivity index (χ3v) is 4.49. The summed E-state index contributed by atoms with van der Waals surface area (Å²) in [5.41, 5.74) is 7.38. The molecule has 0 aliphatic heterocycles. The highest BCUT2D eigenvalue weighted by atomic mass is 35.5. The summed E-state index contributed by atoms with van der Waals surface area (Å²) in [6.45, 7) is 1.88. The van der Waals surface area contributed by atoms with E-state index < -0.39 is 17.6 Å². The minimum atomic E-state index is -4.10. The molecule has 1 saturated carbocycles. The number of nitrogens with two attached hydrogens (primary N) is 1. The highest BCUT2D eigenvalue weighted by Gasteiger charge is 2.45. The maximum absolute atomic E-state index is 12.7. The number of hydrogen-bond donors (Lipinski definition) is 1. The van der Waals surface area contributed by atoms with Gasteiger partial charge < -0.3 is 5.73 Å². The molecule has 1 aromatic rings. The first-order valence-corrected chi connectivity index (χ1v) is 6.72. The molecule has 2 rings (SSSR count). The van der Waals surface area contributed by atoms with Crippen LogP contribution in [0.1, 0.15) is 36.8 Å². The Morgan fingerprint density at radius 1 is 1.26 bits per heavy atom. The lowest BCUT2D eigenvalue weighted by molar-refractivity contribution is -0.184. The molecular weight excluding hydrogens is 275 g/mol. The van der Waals surface area contributed by atoms with Gasteiger partial charge in [0, 0.05) is 10.6 Å². The molecule has 1 aliphatic rings. The Balaban J connectivity index is 2.15. The van der Waals surface area contributed by atoms with Crippen LogP contribution < -0.4 is 5.73 Å². The molecule has 0 heterocycles. The van der Waals surface area contributed by atoms with Crippen molar-refractivity contribution < 1.29 is 13.2 Å². The van der Waals surface area contributed by atoms with Crippen LogP contribution in [0.5, 0.6) is 0 Å². The van der Waals surface area contributed by atoms with E-state index in [0.29, 0.717) is 17.9 Å². The van der Waals surface area contributed by atoms with Crippen LogP contribution in [-0.4, -0.2) is 6.18 Å². The smallest absolute Gasteiger partial charge is 0.321 e. The van der Waals surface area contributed by atoms with E-state index >= 15 is 0 Å². The van der Waals surface area contributed by atoms with Crippen molar-refractivity contribution in [3.05, 3.63) is 34.3 Å². The molecule has 0 saturated heterocycles. The lowest BCUT2D eigenvalue weighted by Gasteiger charge is -2.38. The fraction of sp³-hybridized carbons (Fsp3) is 0.571. The summed E-state index contributed by atoms with van der Waals surface area (Å²) in [5, 5.41) is 0.611. The van der Waals surface area contributed by atoms with E-state index in [4.69, 9.17) is 17.3 Å². The minimum Gasteiger partial charge on any atom is -0.321 e. The molecule has 1 aliphatic carbocycles. The van der Waals surface area contributed by atoms with E-state index in [0.717, 1.165) is 11.1 Å². The van der Waals surface area contributed by atoms with Gasteiger partial charge in [-0.25, -0.2) is 0 Å². The SMILES string of the molecule is Cc1ccc(C2(N)CCC(C(F)(F)F)CC2)cc1Cl. The first-order valence-electron chi connectivity index (χ1n) is 6.34. The molecular formula is C14H17ClF3N. The molecule has 0 spiro atoms. The first kappa shape index (κ1) is 14.7. The molecule has 5 heteroatoms. The van der Waals surface area contributed by atoms with Crippen LogP contribution in [-0.2, 0) is 5.54 Å². The minimum absolute atomic E-state index is 0.0888. The normalized spacial score (nSPS) is 28.4. The Labute approximate surface area is 115 Å². The molecule has 0 radical (unpaired) electrons. The van der Waals surface area contributed by atoms with Crippen molar-refractivity contribution in [1.82, 2.24) is 0 Å². The number of benzene rings is 1. The summed E-state index contributed by atoms with van der Waals surface area (Å²) in [5.74, 6) is -1.22. The summed E-state index contributed by atoms with van der Waals surface area (Å²) in [6, 6.07) is 5.52. The second-order valence-electron chi connectivity index (χ2n) is 5.44. The van der Waals surface area contributed by atoms with Crippen molar-refractivity contribution in [1.29, 1.82) is 0 Å². The summed E-state index contributed by atoms with van der Waals surface area (Å²) in [7, 11) is 0. The quantitative estimate of drug-likeness (QED) is 0.807. The highest BCUT2D eigenvalue weighted by molar-refractivity contribution is 6.31. The largest absolute Gasteiger partial charge is 0.391 e. The predicted molar refractivity (Wildman–Crippen MR) is 70.1 cm³/mol. The number of halogens is 4. The van der Waals surface area contributed by atoms with Crippen LogP contribution in [0, 0.1) is 12.8 Å². The Bertz CT molecular complexity index is 462. The average molecular weight is 292 g/mol. The van der Waals surface area contributed by atoms with Gasteiger partial charge in [0.15, 0.2) is 0 Å². The third kappa shape index (κ3) is 3.06. The summed E-state index contributed by atoms with van der Waals surface area (Å²) in [6.07, 6.45) is -3.24. The van der Waals surface area contributed by atoms with Crippen LogP contribution in [0.4, 0.5) is 13.2 Å². The molecule has 0 bridgehead atoms. The number of alkyl halides is 3. The summed E-state index contributed by atoms with van der Waals surface area (Å²) < 4.78 is 38.0. The summed E-state index contributed by atoms with van der Waals surface area (Å²) >= 11 is 6.06.